The average molecular weight is 346 g/mol. The summed E-state index contributed by atoms with van der Waals surface area (Å²) in [7, 11) is 0. The molecule has 5 heteroatoms. The fraction of sp³-hybridized carbons (Fsp3) is 0.500. The van der Waals surface area contributed by atoms with Crippen molar-refractivity contribution in [1.29, 1.82) is 0 Å². The fourth-order valence-electron chi connectivity index (χ4n) is 2.49. The summed E-state index contributed by atoms with van der Waals surface area (Å²) in [5, 5.41) is 0.511. The van der Waals surface area contributed by atoms with Crippen LogP contribution in [0.4, 0.5) is 0 Å². The number of halogens is 2. The molecule has 2 rings (SSSR count). The minimum absolute atomic E-state index is 0.0255. The minimum atomic E-state index is 0.0255. The van der Waals surface area contributed by atoms with Crippen LogP contribution in [0.3, 0.4) is 0 Å². The van der Waals surface area contributed by atoms with E-state index in [1.807, 2.05) is 11.0 Å². The maximum absolute atomic E-state index is 12.4. The highest BCUT2D eigenvalue weighted by Gasteiger charge is 2.24. The van der Waals surface area contributed by atoms with E-state index in [0.29, 0.717) is 16.5 Å². The van der Waals surface area contributed by atoms with Crippen molar-refractivity contribution in [1.82, 2.24) is 4.90 Å². The van der Waals surface area contributed by atoms with Gasteiger partial charge in [0.2, 0.25) is 0 Å². The maximum Gasteiger partial charge on any atom is 0.255 e. The largest absolute Gasteiger partial charge is 0.339 e. The summed E-state index contributed by atoms with van der Waals surface area (Å²) in [5.41, 5.74) is 6.16. The first-order valence-corrected chi connectivity index (χ1v) is 7.73. The van der Waals surface area contributed by atoms with Gasteiger partial charge < -0.3 is 10.6 Å². The van der Waals surface area contributed by atoms with E-state index in [4.69, 9.17) is 17.3 Å². The summed E-state index contributed by atoms with van der Waals surface area (Å²) in [6.07, 6.45) is 3.13. The predicted octanol–water partition coefficient (Wildman–Crippen LogP) is 3.30. The number of piperidine rings is 1. The van der Waals surface area contributed by atoms with Crippen LogP contribution < -0.4 is 5.73 Å². The second kappa shape index (κ2) is 6.73. The molecular formula is C14H18BrClN2O. The van der Waals surface area contributed by atoms with Crippen LogP contribution in [0, 0.1) is 5.92 Å². The van der Waals surface area contributed by atoms with Crippen LogP contribution in [0.1, 0.15) is 29.6 Å². The lowest BCUT2D eigenvalue weighted by molar-refractivity contribution is 0.0688. The van der Waals surface area contributed by atoms with E-state index >= 15 is 0 Å². The first-order chi connectivity index (χ1) is 9.11. The molecule has 2 N–H and O–H groups in total. The third-order valence-corrected chi connectivity index (χ3v) is 4.46. The lowest BCUT2D eigenvalue weighted by Crippen LogP contribution is -2.39. The second-order valence-electron chi connectivity index (χ2n) is 4.94. The molecule has 0 unspecified atom stereocenters. The first-order valence-electron chi connectivity index (χ1n) is 6.56. The van der Waals surface area contributed by atoms with Crippen LogP contribution in [0.15, 0.2) is 22.7 Å². The van der Waals surface area contributed by atoms with Crippen molar-refractivity contribution >= 4 is 33.4 Å². The fourth-order valence-corrected chi connectivity index (χ4v) is 3.05. The zero-order chi connectivity index (χ0) is 13.8. The Bertz CT molecular complexity index is 459. The van der Waals surface area contributed by atoms with E-state index in [2.05, 4.69) is 15.9 Å². The molecule has 1 aliphatic heterocycles. The number of nitrogens with two attached hydrogens (primary N) is 1. The Morgan fingerprint density at radius 2 is 2.11 bits per heavy atom. The van der Waals surface area contributed by atoms with E-state index in [1.165, 1.54) is 0 Å². The molecule has 0 saturated carbocycles. The number of carbonyl (C=O) groups excluding carboxylic acids is 1. The Morgan fingerprint density at radius 1 is 1.42 bits per heavy atom. The molecule has 1 aliphatic rings. The zero-order valence-electron chi connectivity index (χ0n) is 10.7. The topological polar surface area (TPSA) is 46.3 Å². The van der Waals surface area contributed by atoms with Crippen LogP contribution >= 0.6 is 27.5 Å². The molecule has 1 aromatic carbocycles. The van der Waals surface area contributed by atoms with Crippen LogP contribution in [0.5, 0.6) is 0 Å². The number of rotatable bonds is 3. The monoisotopic (exact) mass is 344 g/mol. The summed E-state index contributed by atoms with van der Waals surface area (Å²) in [6, 6.07) is 5.38. The molecule has 1 fully saturated rings. The van der Waals surface area contributed by atoms with Gasteiger partial charge in [-0.3, -0.25) is 4.79 Å². The third kappa shape index (κ3) is 3.71. The summed E-state index contributed by atoms with van der Waals surface area (Å²) in [5.74, 6) is 0.685. The van der Waals surface area contributed by atoms with E-state index < -0.39 is 0 Å². The zero-order valence-corrected chi connectivity index (χ0v) is 13.1. The van der Waals surface area contributed by atoms with Gasteiger partial charge >= 0.3 is 0 Å². The molecule has 0 atom stereocenters. The van der Waals surface area contributed by atoms with E-state index in [-0.39, 0.29) is 5.91 Å². The Hall–Kier alpha value is -0.580. The lowest BCUT2D eigenvalue weighted by Gasteiger charge is -2.32. The molecule has 0 bridgehead atoms. The van der Waals surface area contributed by atoms with Gasteiger partial charge in [-0.25, -0.2) is 0 Å². The van der Waals surface area contributed by atoms with Gasteiger partial charge in [0.15, 0.2) is 0 Å². The van der Waals surface area contributed by atoms with Crippen LogP contribution in [0.2, 0.25) is 5.02 Å². The smallest absolute Gasteiger partial charge is 0.255 e. The summed E-state index contributed by atoms with van der Waals surface area (Å²) < 4.78 is 0.873. The summed E-state index contributed by atoms with van der Waals surface area (Å²) in [4.78, 5) is 14.3. The normalized spacial score (nSPS) is 16.7. The number of likely N-dealkylation sites (tertiary alicyclic amines) is 1. The molecule has 0 aromatic heterocycles. The Kier molecular flexibility index (Phi) is 5.25. The average Bonchev–Trinajstić information content (AvgIpc) is 2.42. The SMILES string of the molecule is NCCC1CCN(C(=O)c2cc(Br)ccc2Cl)CC1. The van der Waals surface area contributed by atoms with Gasteiger partial charge in [-0.1, -0.05) is 27.5 Å². The molecule has 1 aromatic rings. The first kappa shape index (κ1) is 14.8. The van der Waals surface area contributed by atoms with Gasteiger partial charge in [0, 0.05) is 17.6 Å². The quantitative estimate of drug-likeness (QED) is 0.913. The molecule has 0 aliphatic carbocycles. The van der Waals surface area contributed by atoms with Gasteiger partial charge in [-0.05, 0) is 49.9 Å². The van der Waals surface area contributed by atoms with Gasteiger partial charge in [-0.2, -0.15) is 0 Å². The highest BCUT2D eigenvalue weighted by atomic mass is 79.9. The molecule has 0 radical (unpaired) electrons. The van der Waals surface area contributed by atoms with Crippen LogP contribution in [-0.4, -0.2) is 30.4 Å². The van der Waals surface area contributed by atoms with Crippen molar-refractivity contribution in [2.75, 3.05) is 19.6 Å². The van der Waals surface area contributed by atoms with E-state index in [1.54, 1.807) is 12.1 Å². The summed E-state index contributed by atoms with van der Waals surface area (Å²) >= 11 is 9.48. The summed E-state index contributed by atoms with van der Waals surface area (Å²) in [6.45, 7) is 2.33. The number of amides is 1. The van der Waals surface area contributed by atoms with Crippen LogP contribution in [0.25, 0.3) is 0 Å². The molecule has 19 heavy (non-hydrogen) atoms. The van der Waals surface area contributed by atoms with E-state index in [9.17, 15) is 4.79 Å². The molecule has 3 nitrogen and oxygen atoms in total. The van der Waals surface area contributed by atoms with Crippen molar-refractivity contribution in [3.63, 3.8) is 0 Å². The van der Waals surface area contributed by atoms with Crippen molar-refractivity contribution in [2.24, 2.45) is 11.7 Å². The number of hydrogen-bond acceptors (Lipinski definition) is 2. The molecule has 0 spiro atoms. The number of nitrogens with zero attached hydrogens (tertiary/aromatic N) is 1. The van der Waals surface area contributed by atoms with Crippen molar-refractivity contribution < 1.29 is 4.79 Å². The van der Waals surface area contributed by atoms with Crippen molar-refractivity contribution in [3.8, 4) is 0 Å². The maximum atomic E-state index is 12.4. The van der Waals surface area contributed by atoms with Crippen LogP contribution in [-0.2, 0) is 0 Å². The number of benzene rings is 1. The van der Waals surface area contributed by atoms with Gasteiger partial charge in [0.25, 0.3) is 5.91 Å². The minimum Gasteiger partial charge on any atom is -0.339 e. The standard InChI is InChI=1S/C14H18BrClN2O/c15-11-1-2-13(16)12(9-11)14(19)18-7-4-10(3-6-17)5-8-18/h1-2,9-10H,3-8,17H2. The highest BCUT2D eigenvalue weighted by Crippen LogP contribution is 2.25. The Labute approximate surface area is 127 Å². The Morgan fingerprint density at radius 3 is 2.74 bits per heavy atom. The van der Waals surface area contributed by atoms with Crippen molar-refractivity contribution in [3.05, 3.63) is 33.3 Å². The van der Waals surface area contributed by atoms with Gasteiger partial charge in [0.05, 0.1) is 10.6 Å². The van der Waals surface area contributed by atoms with Gasteiger partial charge in [-0.15, -0.1) is 0 Å². The molecule has 104 valence electrons. The lowest BCUT2D eigenvalue weighted by atomic mass is 9.93. The molecular weight excluding hydrogens is 328 g/mol. The number of carbonyl (C=O) groups is 1. The third-order valence-electron chi connectivity index (χ3n) is 3.64. The Balaban J connectivity index is 2.03. The van der Waals surface area contributed by atoms with Gasteiger partial charge in [0.1, 0.15) is 0 Å². The highest BCUT2D eigenvalue weighted by molar-refractivity contribution is 9.10. The number of hydrogen-bond donors (Lipinski definition) is 1. The predicted molar refractivity (Wildman–Crippen MR) is 81.5 cm³/mol. The second-order valence-corrected chi connectivity index (χ2v) is 6.26. The molecule has 1 heterocycles. The molecule has 1 amide bonds. The van der Waals surface area contributed by atoms with Crippen molar-refractivity contribution in [2.45, 2.75) is 19.3 Å². The molecule has 1 saturated heterocycles. The van der Waals surface area contributed by atoms with E-state index in [0.717, 1.165) is 43.4 Å².